The quantitative estimate of drug-likeness (QED) is 0.0787. The zero-order chi connectivity index (χ0) is 35.1. The number of nitrogens with one attached hydrogen (secondary N) is 4. The Morgan fingerprint density at radius 1 is 0.600 bits per heavy atom. The van der Waals surface area contributed by atoms with Gasteiger partial charge in [0.15, 0.2) is 10.3 Å². The number of carbonyl (C=O) groups excluding carboxylic acids is 2. The molecule has 4 aromatic heterocycles. The first-order valence-electron chi connectivity index (χ1n) is 14.0. The second-order valence-corrected chi connectivity index (χ2v) is 14.9. The Balaban J connectivity index is 0.970. The van der Waals surface area contributed by atoms with Crippen LogP contribution in [-0.2, 0) is 29.6 Å². The Labute approximate surface area is 291 Å². The first-order valence-corrected chi connectivity index (χ1v) is 18.7. The highest BCUT2D eigenvalue weighted by Gasteiger charge is 2.18. The van der Waals surface area contributed by atoms with Gasteiger partial charge in [0, 0.05) is 34.3 Å². The number of thiazole rings is 2. The summed E-state index contributed by atoms with van der Waals surface area (Å²) in [7, 11) is -7.61. The molecule has 0 fully saturated rings. The molecule has 0 saturated heterocycles. The van der Waals surface area contributed by atoms with Crippen LogP contribution in [0.1, 0.15) is 11.5 Å². The fourth-order valence-electron chi connectivity index (χ4n) is 4.06. The van der Waals surface area contributed by atoms with E-state index in [-0.39, 0.29) is 31.6 Å². The zero-order valence-corrected chi connectivity index (χ0v) is 28.3. The molecule has 6 aromatic rings. The molecule has 16 nitrogen and oxygen atoms in total. The lowest BCUT2D eigenvalue weighted by Crippen LogP contribution is -2.35. The number of anilines is 2. The fraction of sp³-hybridized carbons (Fsp3) is 0. The smallest absolute Gasteiger partial charge is 0.331 e. The number of hydrogen-bond acceptors (Lipinski definition) is 14. The Hall–Kier alpha value is -5.96. The van der Waals surface area contributed by atoms with Crippen molar-refractivity contribution in [2.45, 2.75) is 9.79 Å². The van der Waals surface area contributed by atoms with Gasteiger partial charge in [-0.15, -0.1) is 22.7 Å². The molecule has 0 bridgehead atoms. The van der Waals surface area contributed by atoms with E-state index in [1.165, 1.54) is 49.1 Å². The summed E-state index contributed by atoms with van der Waals surface area (Å²) in [5.74, 6) is -0.892. The Bertz CT molecular complexity index is 2210. The Kier molecular flexibility index (Phi) is 9.94. The van der Waals surface area contributed by atoms with Crippen LogP contribution in [0.3, 0.4) is 0 Å². The third-order valence-electron chi connectivity index (χ3n) is 6.38. The van der Waals surface area contributed by atoms with Crippen LogP contribution in [0.4, 0.5) is 10.3 Å². The maximum absolute atomic E-state index is 12.5. The van der Waals surface area contributed by atoms with Crippen molar-refractivity contribution in [2.24, 2.45) is 10.2 Å². The number of furan rings is 2. The van der Waals surface area contributed by atoms with E-state index in [1.54, 1.807) is 59.3 Å². The van der Waals surface area contributed by atoms with E-state index < -0.39 is 31.9 Å². The summed E-state index contributed by atoms with van der Waals surface area (Å²) >= 11 is 2.32. The van der Waals surface area contributed by atoms with E-state index in [2.05, 4.69) is 40.5 Å². The van der Waals surface area contributed by atoms with Crippen LogP contribution in [0.2, 0.25) is 0 Å². The molecule has 20 heteroatoms. The molecule has 0 aliphatic rings. The largest absolute Gasteiger partial charge is 0.455 e. The topological polar surface area (TPSA) is 227 Å². The van der Waals surface area contributed by atoms with Crippen LogP contribution in [0.25, 0.3) is 22.6 Å². The highest BCUT2D eigenvalue weighted by Crippen LogP contribution is 2.26. The van der Waals surface area contributed by atoms with Crippen molar-refractivity contribution in [2.75, 3.05) is 9.44 Å². The summed E-state index contributed by atoms with van der Waals surface area (Å²) in [5, 5.41) is 11.2. The summed E-state index contributed by atoms with van der Waals surface area (Å²) < 4.78 is 66.3. The number of hydrogen-bond donors (Lipinski definition) is 4. The first kappa shape index (κ1) is 33.9. The predicted molar refractivity (Wildman–Crippen MR) is 186 cm³/mol. The standard InChI is InChI=1S/C30H22N8O8S4/c39-27(35-33-17-21-5-11-25(45-21)19-1-7-23(8-2-19)49(41,42)37-29-31-13-15-47-29)28(40)36-34-18-22-6-12-26(46-22)20-3-9-24(10-4-20)50(43,44)38-30-32-14-16-48-30/h1-18H,(H,31,37)(H,32,38)(H,35,39)(H,36,40). The van der Waals surface area contributed by atoms with Crippen molar-refractivity contribution < 1.29 is 35.3 Å². The van der Waals surface area contributed by atoms with Crippen molar-refractivity contribution in [1.82, 2.24) is 20.8 Å². The van der Waals surface area contributed by atoms with Gasteiger partial charge in [0.25, 0.3) is 20.0 Å². The molecule has 2 aromatic carbocycles. The van der Waals surface area contributed by atoms with Gasteiger partial charge in [-0.25, -0.2) is 37.7 Å². The Morgan fingerprint density at radius 2 is 1.00 bits per heavy atom. The van der Waals surface area contributed by atoms with Crippen molar-refractivity contribution in [1.29, 1.82) is 0 Å². The number of amides is 2. The van der Waals surface area contributed by atoms with Gasteiger partial charge in [0.05, 0.1) is 22.2 Å². The van der Waals surface area contributed by atoms with E-state index in [4.69, 9.17) is 8.83 Å². The summed E-state index contributed by atoms with van der Waals surface area (Å²) in [6.07, 6.45) is 5.34. The lowest BCUT2D eigenvalue weighted by molar-refractivity contribution is -0.139. The van der Waals surface area contributed by atoms with Gasteiger partial charge in [0.1, 0.15) is 23.0 Å². The molecule has 254 valence electrons. The van der Waals surface area contributed by atoms with Gasteiger partial charge in [0.2, 0.25) is 0 Å². The van der Waals surface area contributed by atoms with Gasteiger partial charge in [-0.05, 0) is 72.8 Å². The van der Waals surface area contributed by atoms with E-state index in [9.17, 15) is 26.4 Å². The minimum Gasteiger partial charge on any atom is -0.455 e. The molecule has 4 N–H and O–H groups in total. The monoisotopic (exact) mass is 750 g/mol. The SMILES string of the molecule is O=C(NN=Cc1ccc(-c2ccc(S(=O)(=O)Nc3nccs3)cc2)o1)C(=O)NN=Cc1ccc(-c2ccc(S(=O)(=O)Nc3nccs3)cc2)o1. The molecule has 50 heavy (non-hydrogen) atoms. The minimum atomic E-state index is -3.80. The maximum atomic E-state index is 12.5. The van der Waals surface area contributed by atoms with Crippen molar-refractivity contribution in [3.05, 3.63) is 107 Å². The summed E-state index contributed by atoms with van der Waals surface area (Å²) in [6, 6.07) is 18.4. The van der Waals surface area contributed by atoms with E-state index in [0.717, 1.165) is 22.7 Å². The van der Waals surface area contributed by atoms with Crippen molar-refractivity contribution in [3.63, 3.8) is 0 Å². The molecule has 0 unspecified atom stereocenters. The van der Waals surface area contributed by atoms with E-state index in [1.807, 2.05) is 0 Å². The number of carbonyl (C=O) groups is 2. The average Bonchev–Trinajstić information content (AvgIpc) is 3.94. The van der Waals surface area contributed by atoms with Crippen molar-refractivity contribution in [3.8, 4) is 22.6 Å². The molecule has 0 spiro atoms. The van der Waals surface area contributed by atoms with Gasteiger partial charge in [-0.1, -0.05) is 0 Å². The normalized spacial score (nSPS) is 11.9. The second kappa shape index (κ2) is 14.7. The zero-order valence-electron chi connectivity index (χ0n) is 25.1. The lowest BCUT2D eigenvalue weighted by atomic mass is 10.2. The summed E-state index contributed by atoms with van der Waals surface area (Å²) in [5.41, 5.74) is 5.29. The molecular formula is C30H22N8O8S4. The minimum absolute atomic E-state index is 0.0449. The van der Waals surface area contributed by atoms with E-state index in [0.29, 0.717) is 22.6 Å². The average molecular weight is 751 g/mol. The molecule has 0 aliphatic carbocycles. The van der Waals surface area contributed by atoms with Gasteiger partial charge in [-0.2, -0.15) is 10.2 Å². The highest BCUT2D eigenvalue weighted by molar-refractivity contribution is 7.93. The van der Waals surface area contributed by atoms with Crippen LogP contribution in [0.5, 0.6) is 0 Å². The first-order chi connectivity index (χ1) is 24.1. The summed E-state index contributed by atoms with van der Waals surface area (Å²) in [6.45, 7) is 0. The fourth-order valence-corrected chi connectivity index (χ4v) is 7.63. The molecule has 0 radical (unpaired) electrons. The Morgan fingerprint density at radius 3 is 1.36 bits per heavy atom. The number of aromatic nitrogens is 2. The van der Waals surface area contributed by atoms with Crippen LogP contribution in [0, 0.1) is 0 Å². The third-order valence-corrected chi connectivity index (χ3v) is 10.7. The third kappa shape index (κ3) is 8.36. The van der Waals surface area contributed by atoms with Crippen LogP contribution in [0.15, 0.2) is 125 Å². The number of sulfonamides is 2. The van der Waals surface area contributed by atoms with Crippen LogP contribution < -0.4 is 20.3 Å². The van der Waals surface area contributed by atoms with Gasteiger partial charge >= 0.3 is 11.8 Å². The molecule has 0 saturated carbocycles. The number of nitrogens with zero attached hydrogens (tertiary/aromatic N) is 4. The maximum Gasteiger partial charge on any atom is 0.331 e. The highest BCUT2D eigenvalue weighted by atomic mass is 32.2. The predicted octanol–water partition coefficient (Wildman–Crippen LogP) is 4.32. The number of rotatable bonds is 12. The van der Waals surface area contributed by atoms with Gasteiger partial charge < -0.3 is 8.83 Å². The molecule has 6 rings (SSSR count). The lowest BCUT2D eigenvalue weighted by Gasteiger charge is -2.05. The second-order valence-electron chi connectivity index (χ2n) is 9.74. The number of benzene rings is 2. The van der Waals surface area contributed by atoms with Gasteiger partial charge in [-0.3, -0.25) is 19.0 Å². The molecule has 4 heterocycles. The summed E-state index contributed by atoms with van der Waals surface area (Å²) in [4.78, 5) is 32.2. The molecule has 0 atom stereocenters. The molecule has 0 aliphatic heterocycles. The van der Waals surface area contributed by atoms with Crippen molar-refractivity contribution >= 4 is 77.2 Å². The van der Waals surface area contributed by atoms with E-state index >= 15 is 0 Å². The molecular weight excluding hydrogens is 729 g/mol. The number of hydrazone groups is 2. The van der Waals surface area contributed by atoms with Crippen LogP contribution >= 0.6 is 22.7 Å². The molecule has 2 amide bonds. The van der Waals surface area contributed by atoms with Crippen LogP contribution in [-0.4, -0.2) is 51.0 Å².